The summed E-state index contributed by atoms with van der Waals surface area (Å²) in [6.07, 6.45) is 3.51. The molecule has 2 aromatic rings. The molecule has 1 aromatic carbocycles. The molecule has 1 aliphatic heterocycles. The fraction of sp³-hybridized carbons (Fsp3) is 0.333. The van der Waals surface area contributed by atoms with Gasteiger partial charge in [-0.05, 0) is 49.6 Å². The van der Waals surface area contributed by atoms with Crippen LogP contribution in [-0.2, 0) is 14.8 Å². The number of nitrogens with one attached hydrogen (secondary N) is 2. The normalized spacial score (nSPS) is 16.4. The lowest BCUT2D eigenvalue weighted by atomic mass is 10.1. The van der Waals surface area contributed by atoms with Gasteiger partial charge >= 0.3 is 0 Å². The second-order valence-electron chi connectivity index (χ2n) is 6.22. The minimum Gasteiger partial charge on any atom is -0.478 e. The van der Waals surface area contributed by atoms with Gasteiger partial charge in [-0.15, -0.1) is 0 Å². The first-order valence-corrected chi connectivity index (χ1v) is 9.94. The molecule has 26 heavy (non-hydrogen) atoms. The van der Waals surface area contributed by atoms with Gasteiger partial charge in [0.25, 0.3) is 15.9 Å². The van der Waals surface area contributed by atoms with E-state index in [1.54, 1.807) is 24.4 Å². The van der Waals surface area contributed by atoms with E-state index >= 15 is 0 Å². The molecule has 0 spiro atoms. The zero-order valence-corrected chi connectivity index (χ0v) is 15.5. The summed E-state index contributed by atoms with van der Waals surface area (Å²) in [7, 11) is -3.82. The molecule has 0 radical (unpaired) electrons. The first kappa shape index (κ1) is 18.2. The number of sulfonamides is 1. The number of hydrogen-bond donors (Lipinski definition) is 2. The highest BCUT2D eigenvalue weighted by atomic mass is 32.2. The smallest absolute Gasteiger partial charge is 0.265 e. The maximum atomic E-state index is 12.6. The molecule has 0 aliphatic carbocycles. The summed E-state index contributed by atoms with van der Waals surface area (Å²) < 4.78 is 33.2. The summed E-state index contributed by atoms with van der Waals surface area (Å²) in [5, 5.41) is 2.73. The Hall–Kier alpha value is -2.61. The Morgan fingerprint density at radius 3 is 2.77 bits per heavy atom. The van der Waals surface area contributed by atoms with Gasteiger partial charge in [-0.1, -0.05) is 19.4 Å². The van der Waals surface area contributed by atoms with Crippen LogP contribution in [-0.4, -0.2) is 25.4 Å². The Bertz CT molecular complexity index is 911. The van der Waals surface area contributed by atoms with E-state index in [0.29, 0.717) is 17.9 Å². The molecule has 8 heteroatoms. The minimum absolute atomic E-state index is 0.0227. The van der Waals surface area contributed by atoms with Crippen molar-refractivity contribution >= 4 is 27.4 Å². The molecule has 7 nitrogen and oxygen atoms in total. The van der Waals surface area contributed by atoms with E-state index in [-0.39, 0.29) is 16.6 Å². The maximum absolute atomic E-state index is 12.6. The number of amides is 1. The van der Waals surface area contributed by atoms with Crippen molar-refractivity contribution in [2.45, 2.75) is 44.1 Å². The number of ether oxygens (including phenoxy) is 1. The van der Waals surface area contributed by atoms with Gasteiger partial charge in [0.1, 0.15) is 11.6 Å². The number of aryl methyl sites for hydroxylation is 1. The molecular weight excluding hydrogens is 354 g/mol. The van der Waals surface area contributed by atoms with Gasteiger partial charge in [-0.3, -0.25) is 9.52 Å². The topological polar surface area (TPSA) is 97.4 Å². The SMILES string of the molecule is CCCCC1Oc2ccc(S(=O)(=O)Nc3ccc(C)cn3)cc2NC1=O. The van der Waals surface area contributed by atoms with Crippen LogP contribution in [0.4, 0.5) is 11.5 Å². The number of fused-ring (bicyclic) bond motifs is 1. The Kier molecular flexibility index (Phi) is 5.13. The summed E-state index contributed by atoms with van der Waals surface area (Å²) in [5.41, 5.74) is 1.28. The average molecular weight is 375 g/mol. The summed E-state index contributed by atoms with van der Waals surface area (Å²) in [6, 6.07) is 7.76. The number of benzene rings is 1. The Morgan fingerprint density at radius 1 is 1.27 bits per heavy atom. The van der Waals surface area contributed by atoms with Crippen molar-refractivity contribution in [3.05, 3.63) is 42.1 Å². The van der Waals surface area contributed by atoms with E-state index in [9.17, 15) is 13.2 Å². The number of rotatable bonds is 6. The zero-order valence-electron chi connectivity index (χ0n) is 14.7. The van der Waals surface area contributed by atoms with Crippen LogP contribution in [0.1, 0.15) is 31.7 Å². The largest absolute Gasteiger partial charge is 0.478 e. The number of pyridine rings is 1. The number of carbonyl (C=O) groups excluding carboxylic acids is 1. The highest BCUT2D eigenvalue weighted by molar-refractivity contribution is 7.92. The lowest BCUT2D eigenvalue weighted by molar-refractivity contribution is -0.123. The molecule has 1 atom stereocenters. The van der Waals surface area contributed by atoms with E-state index in [0.717, 1.165) is 18.4 Å². The molecule has 1 unspecified atom stereocenters. The van der Waals surface area contributed by atoms with Gasteiger partial charge in [0.05, 0.1) is 10.6 Å². The Morgan fingerprint density at radius 2 is 2.08 bits per heavy atom. The summed E-state index contributed by atoms with van der Waals surface area (Å²) in [5.74, 6) is 0.444. The minimum atomic E-state index is -3.82. The van der Waals surface area contributed by atoms with Gasteiger partial charge in [0, 0.05) is 6.20 Å². The van der Waals surface area contributed by atoms with Crippen LogP contribution in [0.2, 0.25) is 0 Å². The molecule has 0 bridgehead atoms. The van der Waals surface area contributed by atoms with Crippen LogP contribution in [0.15, 0.2) is 41.4 Å². The molecule has 0 fully saturated rings. The van der Waals surface area contributed by atoms with Gasteiger partial charge in [0.2, 0.25) is 0 Å². The van der Waals surface area contributed by atoms with Crippen LogP contribution >= 0.6 is 0 Å². The number of nitrogens with zero attached hydrogens (tertiary/aromatic N) is 1. The molecule has 1 aliphatic rings. The van der Waals surface area contributed by atoms with Crippen LogP contribution < -0.4 is 14.8 Å². The van der Waals surface area contributed by atoms with Crippen molar-refractivity contribution < 1.29 is 17.9 Å². The second kappa shape index (κ2) is 7.33. The second-order valence-corrected chi connectivity index (χ2v) is 7.90. The molecule has 1 amide bonds. The molecular formula is C18H21N3O4S. The summed E-state index contributed by atoms with van der Waals surface area (Å²) in [6.45, 7) is 3.91. The number of anilines is 2. The van der Waals surface area contributed by atoms with Crippen molar-refractivity contribution in [1.82, 2.24) is 4.98 Å². The third-order valence-corrected chi connectivity index (χ3v) is 5.40. The van der Waals surface area contributed by atoms with Crippen LogP contribution in [0.5, 0.6) is 5.75 Å². The molecule has 0 saturated carbocycles. The fourth-order valence-electron chi connectivity index (χ4n) is 2.60. The fourth-order valence-corrected chi connectivity index (χ4v) is 3.64. The van der Waals surface area contributed by atoms with Gasteiger partial charge in [0.15, 0.2) is 6.10 Å². The third-order valence-electron chi connectivity index (χ3n) is 4.05. The van der Waals surface area contributed by atoms with Gasteiger partial charge in [-0.2, -0.15) is 0 Å². The predicted octanol–water partition coefficient (Wildman–Crippen LogP) is 3.08. The maximum Gasteiger partial charge on any atom is 0.265 e. The van der Waals surface area contributed by atoms with Crippen molar-refractivity contribution in [2.75, 3.05) is 10.0 Å². The van der Waals surface area contributed by atoms with Crippen molar-refractivity contribution in [2.24, 2.45) is 0 Å². The first-order chi connectivity index (χ1) is 12.4. The molecule has 2 heterocycles. The highest BCUT2D eigenvalue weighted by Gasteiger charge is 2.28. The van der Waals surface area contributed by atoms with Crippen LogP contribution in [0, 0.1) is 6.92 Å². The van der Waals surface area contributed by atoms with Crippen molar-refractivity contribution in [3.8, 4) is 5.75 Å². The summed E-state index contributed by atoms with van der Waals surface area (Å²) in [4.78, 5) is 16.2. The van der Waals surface area contributed by atoms with E-state index in [1.165, 1.54) is 12.1 Å². The van der Waals surface area contributed by atoms with E-state index in [1.807, 2.05) is 13.8 Å². The number of hydrogen-bond acceptors (Lipinski definition) is 5. The predicted molar refractivity (Wildman–Crippen MR) is 98.8 cm³/mol. The zero-order chi connectivity index (χ0) is 18.7. The number of carbonyl (C=O) groups is 1. The van der Waals surface area contributed by atoms with Crippen molar-refractivity contribution in [3.63, 3.8) is 0 Å². The highest BCUT2D eigenvalue weighted by Crippen LogP contribution is 2.33. The standard InChI is InChI=1S/C18H21N3O4S/c1-3-4-5-16-18(22)20-14-10-13(7-8-15(14)25-16)26(23,24)21-17-9-6-12(2)11-19-17/h6-11,16H,3-5H2,1-2H3,(H,19,21)(H,20,22). The third kappa shape index (κ3) is 3.96. The van der Waals surface area contributed by atoms with Crippen molar-refractivity contribution in [1.29, 1.82) is 0 Å². The number of aromatic nitrogens is 1. The monoisotopic (exact) mass is 375 g/mol. The molecule has 3 rings (SSSR count). The van der Waals surface area contributed by atoms with E-state index in [4.69, 9.17) is 4.74 Å². The quantitative estimate of drug-likeness (QED) is 0.809. The summed E-state index contributed by atoms with van der Waals surface area (Å²) >= 11 is 0. The molecule has 2 N–H and O–H groups in total. The Balaban J connectivity index is 1.81. The van der Waals surface area contributed by atoms with E-state index in [2.05, 4.69) is 15.0 Å². The van der Waals surface area contributed by atoms with E-state index < -0.39 is 16.1 Å². The molecule has 138 valence electrons. The first-order valence-electron chi connectivity index (χ1n) is 8.46. The average Bonchev–Trinajstić information content (AvgIpc) is 2.61. The van der Waals surface area contributed by atoms with Gasteiger partial charge in [-0.25, -0.2) is 13.4 Å². The lowest BCUT2D eigenvalue weighted by Crippen LogP contribution is -2.37. The van der Waals surface area contributed by atoms with Gasteiger partial charge < -0.3 is 10.1 Å². The van der Waals surface area contributed by atoms with Crippen LogP contribution in [0.25, 0.3) is 0 Å². The molecule has 1 aromatic heterocycles. The molecule has 0 saturated heterocycles. The Labute approximate surface area is 152 Å². The number of unbranched alkanes of at least 4 members (excludes halogenated alkanes) is 1. The lowest BCUT2D eigenvalue weighted by Gasteiger charge is -2.26. The van der Waals surface area contributed by atoms with Crippen LogP contribution in [0.3, 0.4) is 0 Å².